The summed E-state index contributed by atoms with van der Waals surface area (Å²) in [6.45, 7) is 1.46. The number of ether oxygens (including phenoxy) is 2. The Morgan fingerprint density at radius 3 is 2.62 bits per heavy atom. The summed E-state index contributed by atoms with van der Waals surface area (Å²) < 4.78 is 11.4. The number of aromatic amines is 1. The number of hydrogen-bond acceptors (Lipinski definition) is 5. The number of H-pyrrole nitrogens is 1. The zero-order chi connectivity index (χ0) is 18.1. The molecule has 1 aromatic heterocycles. The van der Waals surface area contributed by atoms with Crippen LogP contribution in [0.1, 0.15) is 34.9 Å². The van der Waals surface area contributed by atoms with E-state index in [9.17, 15) is 9.59 Å². The van der Waals surface area contributed by atoms with E-state index < -0.39 is 12.0 Å². The Bertz CT molecular complexity index is 826. The number of piperidine rings is 1. The summed E-state index contributed by atoms with van der Waals surface area (Å²) in [6, 6.07) is 9.04. The van der Waals surface area contributed by atoms with Gasteiger partial charge in [0, 0.05) is 24.7 Å². The average molecular weight is 356 g/mol. The molecular weight excluding hydrogens is 336 g/mol. The van der Waals surface area contributed by atoms with Gasteiger partial charge in [0.1, 0.15) is 12.3 Å². The van der Waals surface area contributed by atoms with Crippen molar-refractivity contribution >= 4 is 11.8 Å². The minimum Gasteiger partial charge on any atom is -0.485 e. The Labute approximate surface area is 150 Å². The van der Waals surface area contributed by atoms with Crippen LogP contribution in [0, 0.1) is 0 Å². The molecule has 0 aliphatic carbocycles. The molecule has 3 N–H and O–H groups in total. The van der Waals surface area contributed by atoms with E-state index in [2.05, 4.69) is 10.2 Å². The molecule has 8 heteroatoms. The van der Waals surface area contributed by atoms with Crippen LogP contribution in [0.5, 0.6) is 11.5 Å². The largest absolute Gasteiger partial charge is 0.485 e. The lowest BCUT2D eigenvalue weighted by Gasteiger charge is -2.35. The number of nitrogens with one attached hydrogen (secondary N) is 1. The molecule has 1 fully saturated rings. The molecule has 26 heavy (non-hydrogen) atoms. The number of likely N-dealkylation sites (tertiary alicyclic amines) is 1. The zero-order valence-corrected chi connectivity index (χ0v) is 14.2. The summed E-state index contributed by atoms with van der Waals surface area (Å²) in [4.78, 5) is 25.7. The number of carbonyl (C=O) groups is 2. The molecule has 4 rings (SSSR count). The molecular formula is C18H20N4O4. The third-order valence-electron chi connectivity index (χ3n) is 4.88. The highest BCUT2D eigenvalue weighted by molar-refractivity contribution is 5.90. The first-order chi connectivity index (χ1) is 12.6. The lowest BCUT2D eigenvalue weighted by molar-refractivity contribution is -0.142. The fraction of sp³-hybridized carbons (Fsp3) is 0.389. The number of rotatable bonds is 3. The summed E-state index contributed by atoms with van der Waals surface area (Å²) in [5.74, 6) is 0.891. The molecule has 1 unspecified atom stereocenters. The zero-order valence-electron chi connectivity index (χ0n) is 14.2. The lowest BCUT2D eigenvalue weighted by Crippen LogP contribution is -2.48. The number of aromatic nitrogens is 2. The highest BCUT2D eigenvalue weighted by atomic mass is 16.6. The molecule has 0 radical (unpaired) electrons. The van der Waals surface area contributed by atoms with Gasteiger partial charge in [-0.2, -0.15) is 5.10 Å². The van der Waals surface area contributed by atoms with Crippen LogP contribution < -0.4 is 15.2 Å². The monoisotopic (exact) mass is 356 g/mol. The van der Waals surface area contributed by atoms with Gasteiger partial charge in [0.15, 0.2) is 11.5 Å². The van der Waals surface area contributed by atoms with E-state index in [1.807, 2.05) is 23.1 Å². The molecule has 0 spiro atoms. The van der Waals surface area contributed by atoms with Gasteiger partial charge in [-0.1, -0.05) is 12.1 Å². The molecule has 136 valence electrons. The number of nitrogens with two attached hydrogens (primary N) is 1. The van der Waals surface area contributed by atoms with Gasteiger partial charge in [-0.3, -0.25) is 14.7 Å². The van der Waals surface area contributed by atoms with Crippen molar-refractivity contribution in [1.29, 1.82) is 0 Å². The van der Waals surface area contributed by atoms with E-state index >= 15 is 0 Å². The van der Waals surface area contributed by atoms with Gasteiger partial charge in [0.2, 0.25) is 6.10 Å². The summed E-state index contributed by atoms with van der Waals surface area (Å²) >= 11 is 0. The van der Waals surface area contributed by atoms with Crippen molar-refractivity contribution < 1.29 is 19.1 Å². The van der Waals surface area contributed by atoms with Gasteiger partial charge in [-0.25, -0.2) is 0 Å². The highest BCUT2D eigenvalue weighted by Crippen LogP contribution is 2.32. The first-order valence-electron chi connectivity index (χ1n) is 8.64. The number of hydrogen-bond donors (Lipinski definition) is 2. The van der Waals surface area contributed by atoms with Crippen LogP contribution in [0.15, 0.2) is 30.3 Å². The van der Waals surface area contributed by atoms with Crippen LogP contribution in [0.2, 0.25) is 0 Å². The molecule has 2 amide bonds. The second-order valence-electron chi connectivity index (χ2n) is 6.54. The smallest absolute Gasteiger partial charge is 0.269 e. The van der Waals surface area contributed by atoms with Crippen LogP contribution >= 0.6 is 0 Å². The lowest BCUT2D eigenvalue weighted by atomic mass is 9.93. The van der Waals surface area contributed by atoms with Crippen LogP contribution in [0.25, 0.3) is 0 Å². The molecule has 2 aromatic rings. The predicted molar refractivity (Wildman–Crippen MR) is 92.0 cm³/mol. The van der Waals surface area contributed by atoms with Gasteiger partial charge in [-0.05, 0) is 31.0 Å². The van der Waals surface area contributed by atoms with Crippen molar-refractivity contribution in [3.8, 4) is 11.5 Å². The van der Waals surface area contributed by atoms with Crippen LogP contribution in [0.4, 0.5) is 0 Å². The van der Waals surface area contributed by atoms with Gasteiger partial charge < -0.3 is 20.1 Å². The number of amides is 2. The Kier molecular flexibility index (Phi) is 4.24. The Balaban J connectivity index is 1.36. The third-order valence-corrected chi connectivity index (χ3v) is 4.88. The first-order valence-corrected chi connectivity index (χ1v) is 8.64. The van der Waals surface area contributed by atoms with Crippen molar-refractivity contribution in [2.24, 2.45) is 5.73 Å². The highest BCUT2D eigenvalue weighted by Gasteiger charge is 2.33. The summed E-state index contributed by atoms with van der Waals surface area (Å²) in [5, 5.41) is 6.80. The molecule has 2 aliphatic heterocycles. The summed E-state index contributed by atoms with van der Waals surface area (Å²) in [7, 11) is 0. The van der Waals surface area contributed by atoms with Gasteiger partial charge in [0.05, 0.1) is 0 Å². The average Bonchev–Trinajstić information content (AvgIpc) is 3.18. The van der Waals surface area contributed by atoms with Crippen molar-refractivity contribution in [3.63, 3.8) is 0 Å². The second kappa shape index (κ2) is 6.70. The molecule has 0 saturated carbocycles. The van der Waals surface area contributed by atoms with E-state index in [4.69, 9.17) is 15.2 Å². The summed E-state index contributed by atoms with van der Waals surface area (Å²) in [6.07, 6.45) is 0.960. The number of carbonyl (C=O) groups excluding carboxylic acids is 2. The van der Waals surface area contributed by atoms with Crippen molar-refractivity contribution in [3.05, 3.63) is 41.7 Å². The topological polar surface area (TPSA) is 111 Å². The van der Waals surface area contributed by atoms with Crippen LogP contribution in [-0.2, 0) is 4.79 Å². The molecule has 1 saturated heterocycles. The molecule has 3 heterocycles. The standard InChI is InChI=1S/C18H20N4O4/c19-17(23)13-9-12(20-21-13)11-5-7-22(8-6-11)18(24)16-10-25-14-3-1-2-4-15(14)26-16/h1-4,9,11,16H,5-8,10H2,(H2,19,23)(H,20,21). The number of para-hydroxylation sites is 2. The molecule has 1 atom stereocenters. The maximum absolute atomic E-state index is 12.7. The van der Waals surface area contributed by atoms with Gasteiger partial charge in [-0.15, -0.1) is 0 Å². The SMILES string of the molecule is NC(=O)c1cc(C2CCN(C(=O)C3COc4ccccc4O3)CC2)[nH]n1. The first kappa shape index (κ1) is 16.4. The van der Waals surface area contributed by atoms with E-state index in [0.29, 0.717) is 24.6 Å². The normalized spacial score (nSPS) is 20.0. The van der Waals surface area contributed by atoms with E-state index in [1.54, 1.807) is 12.1 Å². The maximum atomic E-state index is 12.7. The number of nitrogens with zero attached hydrogens (tertiary/aromatic N) is 2. The Morgan fingerprint density at radius 2 is 1.92 bits per heavy atom. The summed E-state index contributed by atoms with van der Waals surface area (Å²) in [5.41, 5.74) is 6.36. The minimum absolute atomic E-state index is 0.0552. The second-order valence-corrected chi connectivity index (χ2v) is 6.54. The number of fused-ring (bicyclic) bond motifs is 1. The van der Waals surface area contributed by atoms with Crippen LogP contribution in [-0.4, -0.2) is 52.7 Å². The molecule has 1 aromatic carbocycles. The minimum atomic E-state index is -0.616. The van der Waals surface area contributed by atoms with Crippen molar-refractivity contribution in [2.75, 3.05) is 19.7 Å². The van der Waals surface area contributed by atoms with Crippen LogP contribution in [0.3, 0.4) is 0 Å². The predicted octanol–water partition coefficient (Wildman–Crippen LogP) is 1.05. The van der Waals surface area contributed by atoms with Gasteiger partial charge in [0.25, 0.3) is 11.8 Å². The Hall–Kier alpha value is -3.03. The number of benzene rings is 1. The fourth-order valence-electron chi connectivity index (χ4n) is 3.43. The third kappa shape index (κ3) is 3.10. The number of primary amides is 1. The Morgan fingerprint density at radius 1 is 1.19 bits per heavy atom. The fourth-order valence-corrected chi connectivity index (χ4v) is 3.43. The van der Waals surface area contributed by atoms with E-state index in [-0.39, 0.29) is 24.1 Å². The van der Waals surface area contributed by atoms with E-state index in [0.717, 1.165) is 18.5 Å². The van der Waals surface area contributed by atoms with E-state index in [1.165, 1.54) is 0 Å². The maximum Gasteiger partial charge on any atom is 0.269 e. The van der Waals surface area contributed by atoms with Crippen molar-refractivity contribution in [1.82, 2.24) is 15.1 Å². The quantitative estimate of drug-likeness (QED) is 0.854. The molecule has 2 aliphatic rings. The molecule has 8 nitrogen and oxygen atoms in total. The molecule has 0 bridgehead atoms. The van der Waals surface area contributed by atoms with Crippen molar-refractivity contribution in [2.45, 2.75) is 24.9 Å². The van der Waals surface area contributed by atoms with Gasteiger partial charge >= 0.3 is 0 Å².